The number of carbonyl (C=O) groups is 1. The van der Waals surface area contributed by atoms with E-state index in [9.17, 15) is 4.79 Å². The maximum atomic E-state index is 12.1. The second-order valence-corrected chi connectivity index (χ2v) is 5.32. The summed E-state index contributed by atoms with van der Waals surface area (Å²) in [7, 11) is 0. The number of carbonyl (C=O) groups excluding carboxylic acids is 1. The van der Waals surface area contributed by atoms with Crippen molar-refractivity contribution in [3.8, 4) is 0 Å². The number of nitrogens with zero attached hydrogens (tertiary/aromatic N) is 1. The van der Waals surface area contributed by atoms with Crippen molar-refractivity contribution in [3.63, 3.8) is 0 Å². The molecule has 0 bridgehead atoms. The normalized spacial score (nSPS) is 19.3. The van der Waals surface area contributed by atoms with Crippen molar-refractivity contribution in [1.29, 1.82) is 0 Å². The Hall–Kier alpha value is -1.29. The molecule has 0 saturated carbocycles. The fraction of sp³-hybridized carbons (Fsp3) is 0.615. The van der Waals surface area contributed by atoms with Crippen molar-refractivity contribution in [2.45, 2.75) is 32.2 Å². The highest BCUT2D eigenvalue weighted by Crippen LogP contribution is 2.12. The number of aromatic nitrogens is 1. The average Bonchev–Trinajstić information content (AvgIpc) is 2.77. The van der Waals surface area contributed by atoms with Gasteiger partial charge in [0.1, 0.15) is 0 Å². The first-order chi connectivity index (χ1) is 8.07. The molecule has 4 nitrogen and oxygen atoms in total. The van der Waals surface area contributed by atoms with Gasteiger partial charge in [0.25, 0.3) is 0 Å². The van der Waals surface area contributed by atoms with Crippen LogP contribution in [0, 0.1) is 0 Å². The van der Waals surface area contributed by atoms with Gasteiger partial charge in [-0.15, -0.1) is 0 Å². The first-order valence-corrected chi connectivity index (χ1v) is 6.22. The number of H-pyrrole nitrogens is 1. The average molecular weight is 235 g/mol. The Labute approximate surface area is 102 Å². The van der Waals surface area contributed by atoms with Crippen LogP contribution in [0.5, 0.6) is 0 Å². The Kier molecular flexibility index (Phi) is 3.52. The predicted octanol–water partition coefficient (Wildman–Crippen LogP) is 1.16. The Bertz CT molecular complexity index is 370. The summed E-state index contributed by atoms with van der Waals surface area (Å²) in [6, 6.07) is 3.99. The van der Waals surface area contributed by atoms with Crippen LogP contribution in [0.3, 0.4) is 0 Å². The summed E-state index contributed by atoms with van der Waals surface area (Å²) >= 11 is 0. The number of aryl methyl sites for hydroxylation is 1. The highest BCUT2D eigenvalue weighted by Gasteiger charge is 2.28. The smallest absolute Gasteiger partial charge is 0.223 e. The summed E-state index contributed by atoms with van der Waals surface area (Å²) in [5.41, 5.74) is 1.17. The molecule has 17 heavy (non-hydrogen) atoms. The van der Waals surface area contributed by atoms with Crippen LogP contribution in [0.2, 0.25) is 0 Å². The van der Waals surface area contributed by atoms with E-state index < -0.39 is 0 Å². The quantitative estimate of drug-likeness (QED) is 0.826. The molecule has 1 aromatic rings. The van der Waals surface area contributed by atoms with Crippen LogP contribution in [-0.4, -0.2) is 41.0 Å². The van der Waals surface area contributed by atoms with E-state index in [1.165, 1.54) is 0 Å². The second-order valence-electron chi connectivity index (χ2n) is 5.32. The maximum absolute atomic E-state index is 12.1. The number of hydrogen-bond donors (Lipinski definition) is 2. The van der Waals surface area contributed by atoms with Crippen LogP contribution in [0.4, 0.5) is 0 Å². The van der Waals surface area contributed by atoms with Gasteiger partial charge < -0.3 is 15.2 Å². The monoisotopic (exact) mass is 235 g/mol. The van der Waals surface area contributed by atoms with Crippen molar-refractivity contribution in [2.75, 3.05) is 19.6 Å². The van der Waals surface area contributed by atoms with Crippen LogP contribution in [0.1, 0.15) is 26.0 Å². The molecule has 0 aliphatic carbocycles. The summed E-state index contributed by atoms with van der Waals surface area (Å²) in [6.07, 6.45) is 3.29. The van der Waals surface area contributed by atoms with E-state index in [1.807, 2.05) is 23.2 Å². The van der Waals surface area contributed by atoms with Gasteiger partial charge in [-0.2, -0.15) is 0 Å². The molecular weight excluding hydrogens is 214 g/mol. The zero-order chi connectivity index (χ0) is 12.3. The zero-order valence-corrected chi connectivity index (χ0v) is 10.6. The topological polar surface area (TPSA) is 48.1 Å². The van der Waals surface area contributed by atoms with Gasteiger partial charge in [0.05, 0.1) is 0 Å². The molecule has 0 unspecified atom stereocenters. The molecule has 0 atom stereocenters. The van der Waals surface area contributed by atoms with Crippen LogP contribution < -0.4 is 5.32 Å². The molecule has 1 aliphatic rings. The van der Waals surface area contributed by atoms with E-state index >= 15 is 0 Å². The summed E-state index contributed by atoms with van der Waals surface area (Å²) in [5, 5.41) is 3.41. The van der Waals surface area contributed by atoms with E-state index in [4.69, 9.17) is 0 Å². The van der Waals surface area contributed by atoms with Crippen molar-refractivity contribution in [1.82, 2.24) is 15.2 Å². The van der Waals surface area contributed by atoms with Gasteiger partial charge in [0, 0.05) is 43.5 Å². The highest BCUT2D eigenvalue weighted by atomic mass is 16.2. The number of aromatic amines is 1. The fourth-order valence-electron chi connectivity index (χ4n) is 2.28. The van der Waals surface area contributed by atoms with Crippen LogP contribution in [0.25, 0.3) is 0 Å². The lowest BCUT2D eigenvalue weighted by Gasteiger charge is -2.39. The minimum absolute atomic E-state index is 0.0420. The number of nitrogens with one attached hydrogen (secondary N) is 2. The van der Waals surface area contributed by atoms with Crippen molar-refractivity contribution in [2.24, 2.45) is 0 Å². The molecule has 1 aliphatic heterocycles. The molecular formula is C13H21N3O. The van der Waals surface area contributed by atoms with Crippen LogP contribution >= 0.6 is 0 Å². The van der Waals surface area contributed by atoms with Crippen molar-refractivity contribution in [3.05, 3.63) is 24.0 Å². The van der Waals surface area contributed by atoms with Gasteiger partial charge in [0.15, 0.2) is 0 Å². The molecule has 2 rings (SSSR count). The summed E-state index contributed by atoms with van der Waals surface area (Å²) < 4.78 is 0. The Morgan fingerprint density at radius 2 is 2.35 bits per heavy atom. The third-order valence-electron chi connectivity index (χ3n) is 3.19. The molecule has 0 radical (unpaired) electrons. The SMILES string of the molecule is CC1(C)CN(C(=O)CCc2ccc[nH]2)CCN1. The van der Waals surface area contributed by atoms with Gasteiger partial charge in [-0.3, -0.25) is 4.79 Å². The molecule has 0 spiro atoms. The first-order valence-electron chi connectivity index (χ1n) is 6.22. The van der Waals surface area contributed by atoms with Gasteiger partial charge >= 0.3 is 0 Å². The number of amides is 1. The third kappa shape index (κ3) is 3.33. The summed E-state index contributed by atoms with van der Waals surface area (Å²) in [4.78, 5) is 17.2. The summed E-state index contributed by atoms with van der Waals surface area (Å²) in [5.74, 6) is 0.258. The largest absolute Gasteiger partial charge is 0.365 e. The maximum Gasteiger partial charge on any atom is 0.223 e. The van der Waals surface area contributed by atoms with Gasteiger partial charge in [-0.05, 0) is 32.4 Å². The second kappa shape index (κ2) is 4.92. The standard InChI is InChI=1S/C13H21N3O/c1-13(2)10-16(9-8-15-13)12(17)6-5-11-4-3-7-14-11/h3-4,7,14-15H,5-6,8-10H2,1-2H3. The lowest BCUT2D eigenvalue weighted by molar-refractivity contribution is -0.133. The Morgan fingerprint density at radius 3 is 3.00 bits per heavy atom. The lowest BCUT2D eigenvalue weighted by atomic mass is 10.0. The van der Waals surface area contributed by atoms with Crippen LogP contribution in [-0.2, 0) is 11.2 Å². The van der Waals surface area contributed by atoms with Gasteiger partial charge in [0.2, 0.25) is 5.91 Å². The van der Waals surface area contributed by atoms with Gasteiger partial charge in [-0.1, -0.05) is 0 Å². The molecule has 4 heteroatoms. The molecule has 1 fully saturated rings. The van der Waals surface area contributed by atoms with E-state index in [2.05, 4.69) is 24.1 Å². The highest BCUT2D eigenvalue weighted by molar-refractivity contribution is 5.76. The number of piperazine rings is 1. The van der Waals surface area contributed by atoms with Crippen molar-refractivity contribution < 1.29 is 4.79 Å². The minimum atomic E-state index is 0.0420. The predicted molar refractivity (Wildman–Crippen MR) is 67.8 cm³/mol. The van der Waals surface area contributed by atoms with Crippen LogP contribution in [0.15, 0.2) is 18.3 Å². The molecule has 1 aromatic heterocycles. The molecule has 0 aromatic carbocycles. The number of hydrogen-bond acceptors (Lipinski definition) is 2. The van der Waals surface area contributed by atoms with E-state index in [0.717, 1.165) is 31.7 Å². The zero-order valence-electron chi connectivity index (χ0n) is 10.6. The lowest BCUT2D eigenvalue weighted by Crippen LogP contribution is -2.58. The summed E-state index contributed by atoms with van der Waals surface area (Å²) in [6.45, 7) is 6.79. The Balaban J connectivity index is 1.83. The molecule has 94 valence electrons. The minimum Gasteiger partial charge on any atom is -0.365 e. The molecule has 1 saturated heterocycles. The fourth-order valence-corrected chi connectivity index (χ4v) is 2.28. The van der Waals surface area contributed by atoms with Crippen molar-refractivity contribution >= 4 is 5.91 Å². The van der Waals surface area contributed by atoms with E-state index in [-0.39, 0.29) is 11.4 Å². The number of rotatable bonds is 3. The molecule has 2 N–H and O–H groups in total. The first kappa shape index (κ1) is 12.2. The van der Waals surface area contributed by atoms with E-state index in [0.29, 0.717) is 6.42 Å². The molecule has 2 heterocycles. The van der Waals surface area contributed by atoms with E-state index in [1.54, 1.807) is 0 Å². The Morgan fingerprint density at radius 1 is 1.53 bits per heavy atom. The molecule has 1 amide bonds. The third-order valence-corrected chi connectivity index (χ3v) is 3.19. The van der Waals surface area contributed by atoms with Gasteiger partial charge in [-0.25, -0.2) is 0 Å².